The van der Waals surface area contributed by atoms with Crippen molar-refractivity contribution >= 4 is 33.5 Å². The number of ether oxygens (including phenoxy) is 1. The van der Waals surface area contributed by atoms with Crippen LogP contribution in [0.4, 0.5) is 0 Å². The Morgan fingerprint density at radius 3 is 2.19 bits per heavy atom. The first kappa shape index (κ1) is 21.7. The van der Waals surface area contributed by atoms with Crippen LogP contribution in [0.3, 0.4) is 0 Å². The molecule has 9 heteroatoms. The van der Waals surface area contributed by atoms with Gasteiger partial charge in [-0.2, -0.15) is 4.72 Å². The van der Waals surface area contributed by atoms with E-state index in [1.54, 1.807) is 18.7 Å². The average molecular weight is 417 g/mol. The molecule has 1 aliphatic rings. The van der Waals surface area contributed by atoms with Crippen LogP contribution in [0, 0.1) is 5.92 Å². The van der Waals surface area contributed by atoms with Gasteiger partial charge in [0.05, 0.1) is 4.90 Å². The zero-order chi connectivity index (χ0) is 20.2. The zero-order valence-corrected chi connectivity index (χ0v) is 17.2. The molecule has 27 heavy (non-hydrogen) atoms. The van der Waals surface area contributed by atoms with E-state index in [4.69, 9.17) is 16.3 Å². The Morgan fingerprint density at radius 2 is 1.67 bits per heavy atom. The summed E-state index contributed by atoms with van der Waals surface area (Å²) in [6.45, 7) is 6.20. The highest BCUT2D eigenvalue weighted by molar-refractivity contribution is 7.89. The fourth-order valence-corrected chi connectivity index (χ4v) is 4.26. The predicted octanol–water partition coefficient (Wildman–Crippen LogP) is 2.20. The predicted molar refractivity (Wildman–Crippen MR) is 102 cm³/mol. The molecule has 7 nitrogen and oxygen atoms in total. The first-order chi connectivity index (χ1) is 12.6. The molecule has 150 valence electrons. The Bertz CT molecular complexity index is 773. The van der Waals surface area contributed by atoms with Crippen LogP contribution < -0.4 is 4.72 Å². The molecule has 0 spiro atoms. The van der Waals surface area contributed by atoms with E-state index in [1.807, 2.05) is 0 Å². The molecule has 1 fully saturated rings. The summed E-state index contributed by atoms with van der Waals surface area (Å²) in [4.78, 5) is 26.5. The van der Waals surface area contributed by atoms with Gasteiger partial charge in [-0.3, -0.25) is 9.59 Å². The van der Waals surface area contributed by atoms with Gasteiger partial charge in [0.2, 0.25) is 10.0 Å². The minimum Gasteiger partial charge on any atom is -0.451 e. The summed E-state index contributed by atoms with van der Waals surface area (Å²) < 4.78 is 32.8. The van der Waals surface area contributed by atoms with Crippen molar-refractivity contribution in [2.75, 3.05) is 13.1 Å². The fraction of sp³-hybridized carbons (Fsp3) is 0.556. The van der Waals surface area contributed by atoms with Crippen molar-refractivity contribution in [2.24, 2.45) is 5.92 Å². The summed E-state index contributed by atoms with van der Waals surface area (Å²) in [5, 5.41) is 0.406. The molecule has 2 rings (SSSR count). The van der Waals surface area contributed by atoms with Crippen LogP contribution >= 0.6 is 11.6 Å². The molecule has 0 aliphatic carbocycles. The number of esters is 1. The van der Waals surface area contributed by atoms with E-state index < -0.39 is 28.1 Å². The molecule has 1 aliphatic heterocycles. The van der Waals surface area contributed by atoms with Crippen molar-refractivity contribution in [3.63, 3.8) is 0 Å². The largest absolute Gasteiger partial charge is 0.451 e. The van der Waals surface area contributed by atoms with Crippen LogP contribution in [0.15, 0.2) is 29.2 Å². The maximum absolute atomic E-state index is 12.6. The van der Waals surface area contributed by atoms with Crippen LogP contribution in [-0.4, -0.2) is 50.4 Å². The second-order valence-corrected chi connectivity index (χ2v) is 9.06. The van der Waals surface area contributed by atoms with E-state index in [0.29, 0.717) is 18.1 Å². The lowest BCUT2D eigenvalue weighted by Gasteiger charge is -2.25. The number of carbonyl (C=O) groups excluding carboxylic acids is 2. The number of carbonyl (C=O) groups is 2. The SMILES string of the molecule is CC(C)[C@H](NS(=O)(=O)c1ccc(Cl)cc1)C(=O)O[C@@H](C)C(=O)N1CCCC1. The van der Waals surface area contributed by atoms with E-state index in [9.17, 15) is 18.0 Å². The maximum atomic E-state index is 12.6. The number of nitrogens with one attached hydrogen (secondary N) is 1. The van der Waals surface area contributed by atoms with E-state index in [1.165, 1.54) is 31.2 Å². The van der Waals surface area contributed by atoms with E-state index >= 15 is 0 Å². The molecular formula is C18H25ClN2O5S. The van der Waals surface area contributed by atoms with Crippen molar-refractivity contribution in [1.29, 1.82) is 0 Å². The molecule has 0 bridgehead atoms. The first-order valence-electron chi connectivity index (χ1n) is 8.89. The molecule has 0 aromatic heterocycles. The van der Waals surface area contributed by atoms with Crippen molar-refractivity contribution in [2.45, 2.75) is 50.7 Å². The average Bonchev–Trinajstić information content (AvgIpc) is 3.13. The van der Waals surface area contributed by atoms with Crippen molar-refractivity contribution in [3.8, 4) is 0 Å². The highest BCUT2D eigenvalue weighted by Crippen LogP contribution is 2.17. The van der Waals surface area contributed by atoms with Crippen LogP contribution in [0.2, 0.25) is 5.02 Å². The zero-order valence-electron chi connectivity index (χ0n) is 15.6. The van der Waals surface area contributed by atoms with Gasteiger partial charge in [0.25, 0.3) is 5.91 Å². The third kappa shape index (κ3) is 5.67. The van der Waals surface area contributed by atoms with Crippen molar-refractivity contribution in [3.05, 3.63) is 29.3 Å². The summed E-state index contributed by atoms with van der Waals surface area (Å²) in [7, 11) is -3.94. The molecule has 1 amide bonds. The second kappa shape index (κ2) is 9.03. The summed E-state index contributed by atoms with van der Waals surface area (Å²) in [6.07, 6.45) is 0.904. The van der Waals surface area contributed by atoms with Gasteiger partial charge in [-0.25, -0.2) is 8.42 Å². The summed E-state index contributed by atoms with van der Waals surface area (Å²) in [6, 6.07) is 4.50. The standard InChI is InChI=1S/C18H25ClN2O5S/c1-12(2)16(20-27(24,25)15-8-6-14(19)7-9-15)18(23)26-13(3)17(22)21-10-4-5-11-21/h6-9,12-13,16,20H,4-5,10-11H2,1-3H3/t13-,16-/m0/s1. The lowest BCUT2D eigenvalue weighted by molar-refractivity contribution is -0.160. The van der Waals surface area contributed by atoms with E-state index in [2.05, 4.69) is 4.72 Å². The second-order valence-electron chi connectivity index (χ2n) is 6.91. The normalized spacial score (nSPS) is 17.0. The molecule has 1 aromatic rings. The number of nitrogens with zero attached hydrogens (tertiary/aromatic N) is 1. The van der Waals surface area contributed by atoms with Gasteiger partial charge in [0, 0.05) is 18.1 Å². The van der Waals surface area contributed by atoms with Gasteiger partial charge in [-0.15, -0.1) is 0 Å². The fourth-order valence-electron chi connectivity index (χ4n) is 2.80. The molecule has 1 aromatic carbocycles. The number of hydrogen-bond donors (Lipinski definition) is 1. The first-order valence-corrected chi connectivity index (χ1v) is 10.7. The van der Waals surface area contributed by atoms with Crippen molar-refractivity contribution in [1.82, 2.24) is 9.62 Å². The lowest BCUT2D eigenvalue weighted by Crippen LogP contribution is -2.47. The summed E-state index contributed by atoms with van der Waals surface area (Å²) >= 11 is 5.78. The third-order valence-electron chi connectivity index (χ3n) is 4.39. The highest BCUT2D eigenvalue weighted by Gasteiger charge is 2.33. The molecule has 0 saturated carbocycles. The van der Waals surface area contributed by atoms with E-state index in [-0.39, 0.29) is 16.7 Å². The van der Waals surface area contributed by atoms with Gasteiger partial charge >= 0.3 is 5.97 Å². The molecule has 1 N–H and O–H groups in total. The van der Waals surface area contributed by atoms with Crippen LogP contribution in [0.25, 0.3) is 0 Å². The molecule has 0 unspecified atom stereocenters. The van der Waals surface area contributed by atoms with Crippen molar-refractivity contribution < 1.29 is 22.7 Å². The molecule has 1 saturated heterocycles. The van der Waals surface area contributed by atoms with E-state index in [0.717, 1.165) is 12.8 Å². The molecule has 1 heterocycles. The molecule has 2 atom stereocenters. The maximum Gasteiger partial charge on any atom is 0.325 e. The topological polar surface area (TPSA) is 92.8 Å². The Hall–Kier alpha value is -1.64. The Balaban J connectivity index is 2.08. The quantitative estimate of drug-likeness (QED) is 0.688. The smallest absolute Gasteiger partial charge is 0.325 e. The summed E-state index contributed by atoms with van der Waals surface area (Å²) in [5.74, 6) is -1.40. The number of sulfonamides is 1. The third-order valence-corrected chi connectivity index (χ3v) is 6.09. The Labute approximate surface area is 165 Å². The van der Waals surface area contributed by atoms with Crippen LogP contribution in [0.5, 0.6) is 0 Å². The minimum atomic E-state index is -3.94. The van der Waals surface area contributed by atoms with Gasteiger partial charge in [-0.1, -0.05) is 25.4 Å². The number of likely N-dealkylation sites (tertiary alicyclic amines) is 1. The molecule has 0 radical (unpaired) electrons. The Kier molecular flexibility index (Phi) is 7.25. The molecular weight excluding hydrogens is 392 g/mol. The van der Waals surface area contributed by atoms with Crippen LogP contribution in [0.1, 0.15) is 33.6 Å². The van der Waals surface area contributed by atoms with Crippen LogP contribution in [-0.2, 0) is 24.3 Å². The van der Waals surface area contributed by atoms with Gasteiger partial charge in [0.1, 0.15) is 6.04 Å². The van der Waals surface area contributed by atoms with Gasteiger partial charge < -0.3 is 9.64 Å². The highest BCUT2D eigenvalue weighted by atomic mass is 35.5. The van der Waals surface area contributed by atoms with Gasteiger partial charge in [0.15, 0.2) is 6.10 Å². The number of benzene rings is 1. The lowest BCUT2D eigenvalue weighted by atomic mass is 10.1. The minimum absolute atomic E-state index is 0.00783. The number of hydrogen-bond acceptors (Lipinski definition) is 5. The number of rotatable bonds is 7. The monoisotopic (exact) mass is 416 g/mol. The Morgan fingerprint density at radius 1 is 1.11 bits per heavy atom. The van der Waals surface area contributed by atoms with Gasteiger partial charge in [-0.05, 0) is 49.9 Å². The summed E-state index contributed by atoms with van der Waals surface area (Å²) in [5.41, 5.74) is 0. The number of halogens is 1. The number of amides is 1.